The first-order valence-electron chi connectivity index (χ1n) is 9.67. The summed E-state index contributed by atoms with van der Waals surface area (Å²) in [6.07, 6.45) is -0.591. The van der Waals surface area contributed by atoms with Gasteiger partial charge in [0.05, 0.1) is 16.6 Å². The first-order chi connectivity index (χ1) is 15.4. The molecule has 4 aromatic rings. The highest BCUT2D eigenvalue weighted by molar-refractivity contribution is 6.03. The van der Waals surface area contributed by atoms with Gasteiger partial charge in [-0.05, 0) is 60.1 Å². The molecule has 0 saturated heterocycles. The molecule has 9 heteroatoms. The molecule has 0 spiro atoms. The minimum absolute atomic E-state index is 0.250. The van der Waals surface area contributed by atoms with E-state index < -0.39 is 11.7 Å². The van der Waals surface area contributed by atoms with Crippen molar-refractivity contribution in [1.29, 1.82) is 0 Å². The van der Waals surface area contributed by atoms with Gasteiger partial charge in [-0.2, -0.15) is 13.2 Å². The monoisotopic (exact) mass is 441 g/mol. The lowest BCUT2D eigenvalue weighted by molar-refractivity contribution is -0.137. The van der Waals surface area contributed by atoms with Gasteiger partial charge in [-0.3, -0.25) is 4.79 Å². The summed E-state index contributed by atoms with van der Waals surface area (Å²) in [7, 11) is 1.90. The van der Waals surface area contributed by atoms with Crippen LogP contribution < -0.4 is 16.4 Å². The van der Waals surface area contributed by atoms with Crippen LogP contribution in [0.15, 0.2) is 67.0 Å². The van der Waals surface area contributed by atoms with E-state index in [1.807, 2.05) is 25.2 Å². The molecule has 0 aliphatic heterocycles. The topological polar surface area (TPSA) is 95.8 Å². The highest BCUT2D eigenvalue weighted by Crippen LogP contribution is 2.35. The van der Waals surface area contributed by atoms with Gasteiger partial charge in [0.15, 0.2) is 0 Å². The number of rotatable bonds is 5. The molecule has 0 aliphatic rings. The summed E-state index contributed by atoms with van der Waals surface area (Å²) in [5.41, 5.74) is 8.70. The van der Waals surface area contributed by atoms with E-state index in [1.54, 1.807) is 12.4 Å². The number of anilines is 2. The fourth-order valence-corrected chi connectivity index (χ4v) is 3.35. The zero-order valence-corrected chi connectivity index (χ0v) is 17.2. The van der Waals surface area contributed by atoms with Crippen LogP contribution in [-0.4, -0.2) is 23.4 Å². The van der Waals surface area contributed by atoms with Gasteiger partial charge in [0, 0.05) is 24.6 Å². The Balaban J connectivity index is 0.000000913. The molecule has 0 aliphatic carbocycles. The van der Waals surface area contributed by atoms with Crippen molar-refractivity contribution in [1.82, 2.24) is 15.3 Å². The van der Waals surface area contributed by atoms with E-state index in [-0.39, 0.29) is 6.41 Å². The molecule has 0 saturated carbocycles. The summed E-state index contributed by atoms with van der Waals surface area (Å²) < 4.78 is 38.4. The number of carbonyl (C=O) groups excluding carboxylic acids is 1. The fraction of sp³-hybridized carbons (Fsp3) is 0.130. The summed E-state index contributed by atoms with van der Waals surface area (Å²) in [5, 5.41) is 7.23. The van der Waals surface area contributed by atoms with E-state index in [4.69, 9.17) is 4.79 Å². The van der Waals surface area contributed by atoms with Gasteiger partial charge >= 0.3 is 6.18 Å². The molecule has 0 atom stereocenters. The highest BCUT2D eigenvalue weighted by Gasteiger charge is 2.30. The summed E-state index contributed by atoms with van der Waals surface area (Å²) in [6.45, 7) is 0.756. The van der Waals surface area contributed by atoms with Gasteiger partial charge < -0.3 is 21.4 Å². The number of aromatic amines is 1. The minimum Gasteiger partial charge on any atom is -0.372 e. The van der Waals surface area contributed by atoms with Crippen molar-refractivity contribution in [2.24, 2.45) is 5.73 Å². The summed E-state index contributed by atoms with van der Waals surface area (Å²) >= 11 is 0. The van der Waals surface area contributed by atoms with E-state index in [2.05, 4.69) is 38.5 Å². The largest absolute Gasteiger partial charge is 0.416 e. The van der Waals surface area contributed by atoms with Crippen LogP contribution in [0, 0.1) is 0 Å². The van der Waals surface area contributed by atoms with Crippen molar-refractivity contribution in [2.45, 2.75) is 12.7 Å². The fourth-order valence-electron chi connectivity index (χ4n) is 3.35. The number of nitrogens with two attached hydrogens (primary N) is 1. The second kappa shape index (κ2) is 9.97. The molecule has 2 aromatic heterocycles. The Hall–Kier alpha value is -3.85. The van der Waals surface area contributed by atoms with Crippen LogP contribution in [0.4, 0.5) is 24.5 Å². The maximum absolute atomic E-state index is 12.8. The maximum atomic E-state index is 12.8. The molecule has 32 heavy (non-hydrogen) atoms. The van der Waals surface area contributed by atoms with Crippen LogP contribution in [0.2, 0.25) is 0 Å². The number of nitrogens with one attached hydrogen (secondary N) is 3. The van der Waals surface area contributed by atoms with Gasteiger partial charge in [0.1, 0.15) is 5.65 Å². The summed E-state index contributed by atoms with van der Waals surface area (Å²) in [4.78, 5) is 16.1. The zero-order chi connectivity index (χ0) is 23.1. The number of aromatic nitrogens is 2. The van der Waals surface area contributed by atoms with Crippen LogP contribution in [-0.2, 0) is 17.5 Å². The third-order valence-electron chi connectivity index (χ3n) is 4.68. The Labute approximate surface area is 182 Å². The SMILES string of the molecule is CNCc1cccc(-c2ccnc3[nH]cc(Nc4ccc(C(F)(F)F)cc4)c23)c1.NC=O. The van der Waals surface area contributed by atoms with Crippen molar-refractivity contribution in [3.8, 4) is 11.1 Å². The number of halogens is 3. The molecule has 166 valence electrons. The van der Waals surface area contributed by atoms with Crippen molar-refractivity contribution >= 4 is 28.8 Å². The average Bonchev–Trinajstić information content (AvgIpc) is 3.17. The summed E-state index contributed by atoms with van der Waals surface area (Å²) in [5.74, 6) is 0. The second-order valence-corrected chi connectivity index (χ2v) is 6.85. The number of carbonyl (C=O) groups is 1. The molecule has 6 nitrogen and oxygen atoms in total. The lowest BCUT2D eigenvalue weighted by Gasteiger charge is -2.11. The zero-order valence-electron chi connectivity index (χ0n) is 17.2. The first kappa shape index (κ1) is 22.8. The van der Waals surface area contributed by atoms with E-state index >= 15 is 0 Å². The molecule has 0 fully saturated rings. The first-order valence-corrected chi connectivity index (χ1v) is 9.67. The molecule has 2 aromatic carbocycles. The predicted octanol–water partition coefficient (Wildman–Crippen LogP) is 4.81. The third kappa shape index (κ3) is 5.25. The molecule has 5 N–H and O–H groups in total. The molecular weight excluding hydrogens is 419 g/mol. The minimum atomic E-state index is -4.35. The quantitative estimate of drug-likeness (QED) is 0.334. The average molecular weight is 441 g/mol. The van der Waals surface area contributed by atoms with Crippen molar-refractivity contribution in [3.05, 3.63) is 78.1 Å². The van der Waals surface area contributed by atoms with Crippen LogP contribution in [0.25, 0.3) is 22.2 Å². The van der Waals surface area contributed by atoms with Crippen LogP contribution in [0.5, 0.6) is 0 Å². The number of hydrogen-bond acceptors (Lipinski definition) is 4. The Morgan fingerprint density at radius 2 is 1.84 bits per heavy atom. The smallest absolute Gasteiger partial charge is 0.372 e. The second-order valence-electron chi connectivity index (χ2n) is 6.85. The van der Waals surface area contributed by atoms with Crippen LogP contribution in [0.3, 0.4) is 0 Å². The number of primary amides is 1. The predicted molar refractivity (Wildman–Crippen MR) is 119 cm³/mol. The number of amides is 1. The third-order valence-corrected chi connectivity index (χ3v) is 4.68. The Morgan fingerprint density at radius 1 is 1.12 bits per heavy atom. The summed E-state index contributed by atoms with van der Waals surface area (Å²) in [6, 6.07) is 15.1. The number of benzene rings is 2. The Morgan fingerprint density at radius 3 is 2.50 bits per heavy atom. The van der Waals surface area contributed by atoms with E-state index in [0.717, 1.165) is 46.4 Å². The van der Waals surface area contributed by atoms with Crippen molar-refractivity contribution in [2.75, 3.05) is 12.4 Å². The van der Waals surface area contributed by atoms with Gasteiger partial charge in [-0.1, -0.05) is 18.2 Å². The van der Waals surface area contributed by atoms with Crippen LogP contribution in [0.1, 0.15) is 11.1 Å². The molecule has 2 heterocycles. The molecule has 1 amide bonds. The Kier molecular flexibility index (Phi) is 7.11. The van der Waals surface area contributed by atoms with E-state index in [0.29, 0.717) is 11.3 Å². The number of fused-ring (bicyclic) bond motifs is 1. The molecule has 0 bridgehead atoms. The normalized spacial score (nSPS) is 11.0. The number of alkyl halides is 3. The van der Waals surface area contributed by atoms with E-state index in [1.165, 1.54) is 12.1 Å². The number of H-pyrrole nitrogens is 1. The Bertz CT molecular complexity index is 1190. The van der Waals surface area contributed by atoms with Crippen molar-refractivity contribution in [3.63, 3.8) is 0 Å². The van der Waals surface area contributed by atoms with Gasteiger partial charge in [-0.15, -0.1) is 0 Å². The molecule has 0 radical (unpaired) electrons. The lowest BCUT2D eigenvalue weighted by Crippen LogP contribution is -2.04. The highest BCUT2D eigenvalue weighted by atomic mass is 19.4. The molecule has 4 rings (SSSR count). The molecule has 0 unspecified atom stereocenters. The molecular formula is C23H22F3N5O. The lowest BCUT2D eigenvalue weighted by atomic mass is 10.0. The van der Waals surface area contributed by atoms with Crippen molar-refractivity contribution < 1.29 is 18.0 Å². The number of pyridine rings is 1. The number of hydrogen-bond donors (Lipinski definition) is 4. The standard InChI is InChI=1S/C22H19F3N4.CH3NO/c1-26-12-14-3-2-4-15(11-14)18-9-10-27-21-20(18)19(13-28-21)29-17-7-5-16(6-8-17)22(23,24)25;2-1-3/h2-11,13,26,29H,12H2,1H3,(H,27,28);1H,(H2,2,3). The van der Waals surface area contributed by atoms with Gasteiger partial charge in [-0.25, -0.2) is 4.98 Å². The van der Waals surface area contributed by atoms with Crippen LogP contribution >= 0.6 is 0 Å². The van der Waals surface area contributed by atoms with E-state index in [9.17, 15) is 13.2 Å². The number of nitrogens with zero attached hydrogens (tertiary/aromatic N) is 1. The van der Waals surface area contributed by atoms with Gasteiger partial charge in [0.25, 0.3) is 0 Å². The van der Waals surface area contributed by atoms with Gasteiger partial charge in [0.2, 0.25) is 6.41 Å². The maximum Gasteiger partial charge on any atom is 0.416 e.